The zero-order chi connectivity index (χ0) is 8.48. The number of rotatable bonds is 3. The van der Waals surface area contributed by atoms with Crippen LogP contribution in [0, 0.1) is 5.41 Å². The van der Waals surface area contributed by atoms with Gasteiger partial charge in [0.2, 0.25) is 0 Å². The highest BCUT2D eigenvalue weighted by molar-refractivity contribution is 5.85. The fourth-order valence-electron chi connectivity index (χ4n) is 1.05. The summed E-state index contributed by atoms with van der Waals surface area (Å²) in [6.45, 7) is 5.77. The van der Waals surface area contributed by atoms with E-state index in [9.17, 15) is 4.79 Å². The number of nitrogens with two attached hydrogens (primary N) is 1. The Balaban J connectivity index is 0.00000121. The first-order valence-electron chi connectivity index (χ1n) is 3.75. The van der Waals surface area contributed by atoms with Crippen LogP contribution < -0.4 is 5.73 Å². The van der Waals surface area contributed by atoms with E-state index in [1.54, 1.807) is 6.92 Å². The number of halogens is 1. The van der Waals surface area contributed by atoms with Gasteiger partial charge in [-0.3, -0.25) is 4.79 Å². The Morgan fingerprint density at radius 3 is 2.42 bits per heavy atom. The van der Waals surface area contributed by atoms with Crippen molar-refractivity contribution < 1.29 is 9.53 Å². The Labute approximate surface area is 78.4 Å². The van der Waals surface area contributed by atoms with Crippen LogP contribution in [0.3, 0.4) is 0 Å². The van der Waals surface area contributed by atoms with Crippen molar-refractivity contribution in [2.24, 2.45) is 11.1 Å². The smallest absolute Gasteiger partial charge is 0.318 e. The first kappa shape index (κ1) is 11.3. The van der Waals surface area contributed by atoms with Gasteiger partial charge in [-0.15, -0.1) is 12.4 Å². The maximum Gasteiger partial charge on any atom is 0.318 e. The molecule has 0 spiro atoms. The normalized spacial score (nSPS) is 17.4. The molecule has 0 aromatic rings. The van der Waals surface area contributed by atoms with Crippen LogP contribution in [0.2, 0.25) is 0 Å². The molecule has 0 aromatic carbocycles. The number of carbonyl (C=O) groups is 1. The third-order valence-corrected chi connectivity index (χ3v) is 2.03. The van der Waals surface area contributed by atoms with Crippen molar-refractivity contribution in [2.75, 3.05) is 6.61 Å². The Morgan fingerprint density at radius 1 is 1.67 bits per heavy atom. The molecule has 0 aliphatic heterocycles. The highest BCUT2D eigenvalue weighted by Gasteiger charge is 2.52. The molecule has 0 amide bonds. The van der Waals surface area contributed by atoms with Crippen molar-refractivity contribution in [1.82, 2.24) is 0 Å². The lowest BCUT2D eigenvalue weighted by Crippen LogP contribution is -2.24. The largest absolute Gasteiger partial charge is 0.465 e. The van der Waals surface area contributed by atoms with E-state index in [0.29, 0.717) is 12.3 Å². The molecule has 1 aliphatic carbocycles. The fourth-order valence-corrected chi connectivity index (χ4v) is 1.05. The average Bonchev–Trinajstić information content (AvgIpc) is 2.66. The molecule has 0 heterocycles. The Hall–Kier alpha value is -0.700. The molecule has 0 unspecified atom stereocenters. The molecule has 3 nitrogen and oxygen atoms in total. The lowest BCUT2D eigenvalue weighted by atomic mass is 10.1. The van der Waals surface area contributed by atoms with Crippen LogP contribution in [-0.2, 0) is 9.53 Å². The summed E-state index contributed by atoms with van der Waals surface area (Å²) in [7, 11) is 0. The third kappa shape index (κ3) is 1.72. The maximum absolute atomic E-state index is 11.2. The van der Waals surface area contributed by atoms with E-state index in [-0.39, 0.29) is 18.4 Å². The number of carbonyl (C=O) groups excluding carboxylic acids is 1. The van der Waals surface area contributed by atoms with E-state index in [2.05, 4.69) is 6.58 Å². The summed E-state index contributed by atoms with van der Waals surface area (Å²) >= 11 is 0. The predicted octanol–water partition coefficient (Wildman–Crippen LogP) is 1.22. The second-order valence-electron chi connectivity index (χ2n) is 2.83. The third-order valence-electron chi connectivity index (χ3n) is 2.03. The SMILES string of the molecule is C=C(N)C1(C(=O)OCC)CC1.Cl. The maximum atomic E-state index is 11.2. The number of ether oxygens (including phenoxy) is 1. The molecule has 0 aromatic heterocycles. The summed E-state index contributed by atoms with van der Waals surface area (Å²) in [6.07, 6.45) is 1.59. The minimum atomic E-state index is -0.518. The molecule has 1 fully saturated rings. The summed E-state index contributed by atoms with van der Waals surface area (Å²) in [4.78, 5) is 11.2. The first-order valence-corrected chi connectivity index (χ1v) is 3.75. The summed E-state index contributed by atoms with van der Waals surface area (Å²) < 4.78 is 4.85. The van der Waals surface area contributed by atoms with Crippen LogP contribution >= 0.6 is 12.4 Å². The zero-order valence-electron chi connectivity index (χ0n) is 7.13. The van der Waals surface area contributed by atoms with Crippen molar-refractivity contribution in [1.29, 1.82) is 0 Å². The lowest BCUT2D eigenvalue weighted by Gasteiger charge is -2.12. The van der Waals surface area contributed by atoms with Gasteiger partial charge >= 0.3 is 5.97 Å². The molecule has 70 valence electrons. The quantitative estimate of drug-likeness (QED) is 0.683. The minimum Gasteiger partial charge on any atom is -0.465 e. The molecule has 0 saturated heterocycles. The van der Waals surface area contributed by atoms with Gasteiger partial charge in [0, 0.05) is 5.70 Å². The van der Waals surface area contributed by atoms with Gasteiger partial charge in [-0.1, -0.05) is 6.58 Å². The predicted molar refractivity (Wildman–Crippen MR) is 48.9 cm³/mol. The minimum absolute atomic E-state index is 0. The van der Waals surface area contributed by atoms with E-state index in [0.717, 1.165) is 12.8 Å². The molecular weight excluding hydrogens is 178 g/mol. The monoisotopic (exact) mass is 191 g/mol. The van der Waals surface area contributed by atoms with E-state index >= 15 is 0 Å². The van der Waals surface area contributed by atoms with Gasteiger partial charge in [-0.2, -0.15) is 0 Å². The van der Waals surface area contributed by atoms with Crippen LogP contribution in [-0.4, -0.2) is 12.6 Å². The molecule has 1 rings (SSSR count). The lowest BCUT2D eigenvalue weighted by molar-refractivity contribution is -0.148. The molecule has 4 heteroatoms. The molecule has 1 aliphatic rings. The van der Waals surface area contributed by atoms with Crippen molar-refractivity contribution in [3.63, 3.8) is 0 Å². The van der Waals surface area contributed by atoms with Crippen LogP contribution in [0.25, 0.3) is 0 Å². The van der Waals surface area contributed by atoms with Crippen LogP contribution in [0.1, 0.15) is 19.8 Å². The summed E-state index contributed by atoms with van der Waals surface area (Å²) in [5, 5.41) is 0. The van der Waals surface area contributed by atoms with E-state index < -0.39 is 5.41 Å². The standard InChI is InChI=1S/C8H13NO2.ClH/c1-3-11-7(10)8(4-5-8)6(2)9;/h2-5,9H2,1H3;1H. The van der Waals surface area contributed by atoms with Gasteiger partial charge < -0.3 is 10.5 Å². The van der Waals surface area contributed by atoms with Crippen molar-refractivity contribution in [3.05, 3.63) is 12.3 Å². The van der Waals surface area contributed by atoms with Crippen molar-refractivity contribution >= 4 is 18.4 Å². The van der Waals surface area contributed by atoms with Gasteiger partial charge in [0.05, 0.1) is 6.61 Å². The summed E-state index contributed by atoms with van der Waals surface area (Å²) in [6, 6.07) is 0. The van der Waals surface area contributed by atoms with Gasteiger partial charge in [0.25, 0.3) is 0 Å². The van der Waals surface area contributed by atoms with E-state index in [4.69, 9.17) is 10.5 Å². The van der Waals surface area contributed by atoms with Gasteiger partial charge in [-0.25, -0.2) is 0 Å². The molecule has 0 radical (unpaired) electrons. The molecule has 12 heavy (non-hydrogen) atoms. The van der Waals surface area contributed by atoms with Crippen molar-refractivity contribution in [3.8, 4) is 0 Å². The summed E-state index contributed by atoms with van der Waals surface area (Å²) in [5.41, 5.74) is 5.39. The first-order chi connectivity index (χ1) is 5.13. The molecule has 2 N–H and O–H groups in total. The number of hydrogen-bond donors (Lipinski definition) is 1. The van der Waals surface area contributed by atoms with E-state index in [1.165, 1.54) is 0 Å². The molecule has 0 bridgehead atoms. The zero-order valence-corrected chi connectivity index (χ0v) is 7.95. The Morgan fingerprint density at radius 2 is 2.17 bits per heavy atom. The Bertz CT molecular complexity index is 199. The summed E-state index contributed by atoms with van der Waals surface area (Å²) in [5.74, 6) is -0.215. The fraction of sp³-hybridized carbons (Fsp3) is 0.625. The van der Waals surface area contributed by atoms with Crippen LogP contribution in [0.4, 0.5) is 0 Å². The van der Waals surface area contributed by atoms with Crippen molar-refractivity contribution in [2.45, 2.75) is 19.8 Å². The van der Waals surface area contributed by atoms with Gasteiger partial charge in [-0.05, 0) is 19.8 Å². The average molecular weight is 192 g/mol. The van der Waals surface area contributed by atoms with Gasteiger partial charge in [0.15, 0.2) is 0 Å². The Kier molecular flexibility index (Phi) is 3.58. The number of hydrogen-bond acceptors (Lipinski definition) is 3. The topological polar surface area (TPSA) is 52.3 Å². The second-order valence-corrected chi connectivity index (χ2v) is 2.83. The molecular formula is C8H14ClNO2. The highest BCUT2D eigenvalue weighted by atomic mass is 35.5. The molecule has 1 saturated carbocycles. The molecule has 0 atom stereocenters. The van der Waals surface area contributed by atoms with Crippen LogP contribution in [0.15, 0.2) is 12.3 Å². The highest BCUT2D eigenvalue weighted by Crippen LogP contribution is 2.50. The van der Waals surface area contributed by atoms with Crippen LogP contribution in [0.5, 0.6) is 0 Å². The van der Waals surface area contributed by atoms with E-state index in [1.807, 2.05) is 0 Å². The number of esters is 1. The van der Waals surface area contributed by atoms with Gasteiger partial charge in [0.1, 0.15) is 5.41 Å². The second kappa shape index (κ2) is 3.81.